The van der Waals surface area contributed by atoms with E-state index in [-0.39, 0.29) is 6.42 Å². The van der Waals surface area contributed by atoms with Gasteiger partial charge < -0.3 is 29.4 Å². The van der Waals surface area contributed by atoms with Crippen LogP contribution in [-0.4, -0.2) is 70.0 Å². The number of aromatic nitrogens is 3. The number of nitrogens with one attached hydrogen (secondary N) is 2. The van der Waals surface area contributed by atoms with Gasteiger partial charge in [-0.25, -0.2) is 19.4 Å². The van der Waals surface area contributed by atoms with Crippen molar-refractivity contribution in [2.45, 2.75) is 59.1 Å². The number of H-pyrrole nitrogens is 1. The van der Waals surface area contributed by atoms with E-state index in [4.69, 9.17) is 14.2 Å². The van der Waals surface area contributed by atoms with Crippen molar-refractivity contribution < 1.29 is 28.6 Å². The molecule has 1 unspecified atom stereocenters. The summed E-state index contributed by atoms with van der Waals surface area (Å²) in [5, 5.41) is 2.43. The van der Waals surface area contributed by atoms with Crippen LogP contribution in [0.1, 0.15) is 46.0 Å². The highest BCUT2D eigenvalue weighted by atomic mass is 16.7. The summed E-state index contributed by atoms with van der Waals surface area (Å²) >= 11 is 0. The molecule has 0 saturated heterocycles. The summed E-state index contributed by atoms with van der Waals surface area (Å²) in [5.41, 5.74) is 0.736. The van der Waals surface area contributed by atoms with Crippen LogP contribution in [-0.2, 0) is 31.8 Å². The molecule has 2 aromatic rings. The Morgan fingerprint density at radius 3 is 2.50 bits per heavy atom. The molecule has 0 aliphatic rings. The summed E-state index contributed by atoms with van der Waals surface area (Å²) in [6.07, 6.45) is 3.77. The molecule has 2 rings (SSSR count). The minimum atomic E-state index is -1.01. The highest BCUT2D eigenvalue weighted by molar-refractivity contribution is 5.82. The molecule has 2 amide bonds. The van der Waals surface area contributed by atoms with Gasteiger partial charge in [0.15, 0.2) is 0 Å². The number of nitrogens with zero attached hydrogens (tertiary/aromatic N) is 3. The maximum atomic E-state index is 12.5. The van der Waals surface area contributed by atoms with Crippen LogP contribution in [0.5, 0.6) is 0 Å². The highest BCUT2D eigenvalue weighted by Crippen LogP contribution is 2.11. The van der Waals surface area contributed by atoms with E-state index in [2.05, 4.69) is 20.3 Å². The summed E-state index contributed by atoms with van der Waals surface area (Å²) in [5.74, 6) is -0.629. The van der Waals surface area contributed by atoms with Crippen molar-refractivity contribution in [3.8, 4) is 0 Å². The highest BCUT2D eigenvalue weighted by Gasteiger charge is 2.28. The van der Waals surface area contributed by atoms with Crippen molar-refractivity contribution in [2.24, 2.45) is 0 Å². The molecule has 0 aliphatic heterocycles. The van der Waals surface area contributed by atoms with Gasteiger partial charge in [0.1, 0.15) is 11.6 Å². The Kier molecular flexibility index (Phi) is 12.1. The smallest absolute Gasteiger partial charge is 0.412 e. The van der Waals surface area contributed by atoms with Crippen LogP contribution in [0, 0.1) is 0 Å². The van der Waals surface area contributed by atoms with Gasteiger partial charge in [-0.3, -0.25) is 4.98 Å². The van der Waals surface area contributed by atoms with E-state index in [1.54, 1.807) is 34.0 Å². The lowest BCUT2D eigenvalue weighted by molar-refractivity contribution is -0.157. The van der Waals surface area contributed by atoms with Gasteiger partial charge in [0.2, 0.25) is 6.79 Å². The number of ether oxygens (including phenoxy) is 3. The van der Waals surface area contributed by atoms with E-state index in [0.717, 1.165) is 5.69 Å². The first-order valence-corrected chi connectivity index (χ1v) is 11.1. The second kappa shape index (κ2) is 14.5. The van der Waals surface area contributed by atoms with E-state index in [1.165, 1.54) is 17.4 Å². The molecule has 2 heterocycles. The fraction of sp³-hybridized carbons (Fsp3) is 0.522. The van der Waals surface area contributed by atoms with Gasteiger partial charge in [-0.2, -0.15) is 0 Å². The zero-order valence-electron chi connectivity index (χ0n) is 20.7. The molecule has 2 aromatic heterocycles. The van der Waals surface area contributed by atoms with Crippen molar-refractivity contribution in [1.82, 2.24) is 25.2 Å². The van der Waals surface area contributed by atoms with Gasteiger partial charge >= 0.3 is 18.2 Å². The molecule has 0 spiro atoms. The number of esters is 1. The van der Waals surface area contributed by atoms with Crippen molar-refractivity contribution in [3.05, 3.63) is 48.3 Å². The van der Waals surface area contributed by atoms with Crippen molar-refractivity contribution in [2.75, 3.05) is 20.4 Å². The predicted octanol–water partition coefficient (Wildman–Crippen LogP) is 3.08. The van der Waals surface area contributed by atoms with Crippen LogP contribution >= 0.6 is 0 Å². The molecule has 11 heteroatoms. The molecule has 1 atom stereocenters. The number of rotatable bonds is 9. The zero-order valence-corrected chi connectivity index (χ0v) is 20.7. The topological polar surface area (TPSA) is 136 Å². The lowest BCUT2D eigenvalue weighted by Gasteiger charge is -2.24. The molecule has 0 aromatic carbocycles. The standard InChI is InChI=1S/C21H29N5O6.C2H6/c1-21(2,3)32-18(27)17(11-16-12-22-13-24-16)25-19(28)30-14-31-20(29)26(4)10-8-15-7-5-6-9-23-15;1-2/h5-7,9,12-13,17H,8,10-11,14H2,1-4H3,(H,22,24)(H,25,28);1-2H3. The number of aromatic amines is 1. The van der Waals surface area contributed by atoms with Gasteiger partial charge in [-0.1, -0.05) is 19.9 Å². The molecule has 34 heavy (non-hydrogen) atoms. The number of carbonyl (C=O) groups is 3. The van der Waals surface area contributed by atoms with Crippen molar-refractivity contribution in [3.63, 3.8) is 0 Å². The Morgan fingerprint density at radius 2 is 1.91 bits per heavy atom. The predicted molar refractivity (Wildman–Crippen MR) is 125 cm³/mol. The number of likely N-dealkylation sites (N-methyl/N-ethyl adjacent to an activating group) is 1. The van der Waals surface area contributed by atoms with E-state index in [1.807, 2.05) is 32.0 Å². The van der Waals surface area contributed by atoms with Crippen LogP contribution < -0.4 is 5.32 Å². The average molecular weight is 478 g/mol. The fourth-order valence-electron chi connectivity index (χ4n) is 2.53. The number of pyridine rings is 1. The molecule has 0 fully saturated rings. The normalized spacial score (nSPS) is 11.4. The first-order valence-electron chi connectivity index (χ1n) is 11.1. The molecule has 2 N–H and O–H groups in total. The third-order valence-corrected chi connectivity index (χ3v) is 4.08. The number of alkyl carbamates (subject to hydrolysis) is 1. The molecule has 0 radical (unpaired) electrons. The Bertz CT molecular complexity index is 868. The number of hydrogen-bond donors (Lipinski definition) is 2. The van der Waals surface area contributed by atoms with Crippen molar-refractivity contribution >= 4 is 18.2 Å². The lowest BCUT2D eigenvalue weighted by atomic mass is 10.1. The minimum Gasteiger partial charge on any atom is -0.458 e. The van der Waals surface area contributed by atoms with E-state index >= 15 is 0 Å². The molecule has 0 aliphatic carbocycles. The SMILES string of the molecule is CC.CN(CCc1ccccn1)C(=O)OCOC(=O)NC(Cc1cnc[nH]1)C(=O)OC(C)(C)C. The summed E-state index contributed by atoms with van der Waals surface area (Å²) < 4.78 is 15.2. The van der Waals surface area contributed by atoms with Crippen LogP contribution in [0.15, 0.2) is 36.9 Å². The second-order valence-electron chi connectivity index (χ2n) is 7.96. The molecular formula is C23H35N5O6. The number of amides is 2. The maximum Gasteiger partial charge on any atom is 0.412 e. The molecule has 0 bridgehead atoms. The minimum absolute atomic E-state index is 0.125. The monoisotopic (exact) mass is 477 g/mol. The number of carbonyl (C=O) groups excluding carboxylic acids is 3. The summed E-state index contributed by atoms with van der Waals surface area (Å²) in [6, 6.07) is 4.52. The second-order valence-corrected chi connectivity index (χ2v) is 7.96. The zero-order chi connectivity index (χ0) is 25.6. The fourth-order valence-corrected chi connectivity index (χ4v) is 2.53. The summed E-state index contributed by atoms with van der Waals surface area (Å²) in [7, 11) is 1.56. The van der Waals surface area contributed by atoms with Crippen LogP contribution in [0.4, 0.5) is 9.59 Å². The van der Waals surface area contributed by atoms with Crippen LogP contribution in [0.3, 0.4) is 0 Å². The number of hydrogen-bond acceptors (Lipinski definition) is 8. The largest absolute Gasteiger partial charge is 0.458 e. The van der Waals surface area contributed by atoms with Gasteiger partial charge in [0.05, 0.1) is 6.33 Å². The first kappa shape index (κ1) is 28.4. The quantitative estimate of drug-likeness (QED) is 0.415. The Morgan fingerprint density at radius 1 is 1.18 bits per heavy atom. The van der Waals surface area contributed by atoms with Crippen molar-refractivity contribution in [1.29, 1.82) is 0 Å². The van der Waals surface area contributed by atoms with E-state index < -0.39 is 36.6 Å². The van der Waals surface area contributed by atoms with Gasteiger partial charge in [-0.05, 0) is 32.9 Å². The van der Waals surface area contributed by atoms with Gasteiger partial charge in [-0.15, -0.1) is 0 Å². The average Bonchev–Trinajstić information content (AvgIpc) is 3.31. The van der Waals surface area contributed by atoms with Gasteiger partial charge in [0, 0.05) is 50.2 Å². The molecular weight excluding hydrogens is 442 g/mol. The Labute approximate surface area is 200 Å². The summed E-state index contributed by atoms with van der Waals surface area (Å²) in [4.78, 5) is 48.9. The molecule has 0 saturated carbocycles. The summed E-state index contributed by atoms with van der Waals surface area (Å²) in [6.45, 7) is 8.94. The van der Waals surface area contributed by atoms with Crippen LogP contribution in [0.25, 0.3) is 0 Å². The third-order valence-electron chi connectivity index (χ3n) is 4.08. The third kappa shape index (κ3) is 11.3. The number of imidazole rings is 1. The van der Waals surface area contributed by atoms with Crippen LogP contribution in [0.2, 0.25) is 0 Å². The van der Waals surface area contributed by atoms with E-state index in [9.17, 15) is 14.4 Å². The Balaban J connectivity index is 0.00000281. The molecule has 188 valence electrons. The first-order chi connectivity index (χ1) is 16.1. The lowest BCUT2D eigenvalue weighted by Crippen LogP contribution is -2.46. The Hall–Kier alpha value is -3.63. The maximum absolute atomic E-state index is 12.5. The molecule has 11 nitrogen and oxygen atoms in total. The van der Waals surface area contributed by atoms with Gasteiger partial charge in [0.25, 0.3) is 0 Å². The van der Waals surface area contributed by atoms with E-state index in [0.29, 0.717) is 18.7 Å².